The Morgan fingerprint density at radius 3 is 2.69 bits per heavy atom. The van der Waals surface area contributed by atoms with Gasteiger partial charge in [0.15, 0.2) is 0 Å². The Hall–Kier alpha value is -2.14. The van der Waals surface area contributed by atoms with E-state index in [1.165, 1.54) is 16.7 Å². The van der Waals surface area contributed by atoms with Crippen LogP contribution in [0.25, 0.3) is 0 Å². The number of piperidine rings is 1. The van der Waals surface area contributed by atoms with Crippen LogP contribution in [0.3, 0.4) is 0 Å². The van der Waals surface area contributed by atoms with Gasteiger partial charge in [0.25, 0.3) is 0 Å². The highest BCUT2D eigenvalue weighted by atomic mass is 16.5. The van der Waals surface area contributed by atoms with Crippen molar-refractivity contribution in [1.82, 2.24) is 15.4 Å². The number of nitrogens with zero attached hydrogens (tertiary/aromatic N) is 2. The average Bonchev–Trinajstić information content (AvgIpc) is 3.42. The van der Waals surface area contributed by atoms with Gasteiger partial charge >= 0.3 is 0 Å². The monoisotopic (exact) mass is 393 g/mol. The zero-order valence-corrected chi connectivity index (χ0v) is 17.5. The van der Waals surface area contributed by atoms with Gasteiger partial charge in [0.2, 0.25) is 5.91 Å². The lowest BCUT2D eigenvalue weighted by Gasteiger charge is -2.40. The van der Waals surface area contributed by atoms with E-state index in [1.807, 2.05) is 13.8 Å². The number of benzene rings is 1. The second-order valence-electron chi connectivity index (χ2n) is 9.39. The fourth-order valence-electron chi connectivity index (χ4n) is 5.51. The predicted molar refractivity (Wildman–Crippen MR) is 112 cm³/mol. The molecule has 5 rings (SSSR count). The number of aryl methyl sites for hydroxylation is 2. The Balaban J connectivity index is 1.29. The molecule has 2 heterocycles. The van der Waals surface area contributed by atoms with Gasteiger partial charge in [-0.15, -0.1) is 0 Å². The van der Waals surface area contributed by atoms with Crippen LogP contribution in [0.4, 0.5) is 0 Å². The van der Waals surface area contributed by atoms with E-state index in [1.54, 1.807) is 0 Å². The number of likely N-dealkylation sites (tertiary alicyclic amines) is 1. The fraction of sp³-hybridized carbons (Fsp3) is 0.583. The fourth-order valence-corrected chi connectivity index (χ4v) is 5.51. The number of amides is 1. The largest absolute Gasteiger partial charge is 0.361 e. The number of hydrogen-bond acceptors (Lipinski definition) is 4. The highest BCUT2D eigenvalue weighted by Gasteiger charge is 2.45. The van der Waals surface area contributed by atoms with Gasteiger partial charge in [-0.2, -0.15) is 0 Å². The van der Waals surface area contributed by atoms with Gasteiger partial charge in [0.05, 0.1) is 5.69 Å². The highest BCUT2D eigenvalue weighted by molar-refractivity contribution is 5.78. The molecule has 154 valence electrons. The number of nitrogens with one attached hydrogen (secondary N) is 1. The van der Waals surface area contributed by atoms with Crippen LogP contribution in [-0.4, -0.2) is 35.1 Å². The number of carbonyl (C=O) groups excluding carboxylic acids is 1. The minimum absolute atomic E-state index is 0.232. The van der Waals surface area contributed by atoms with Crippen molar-refractivity contribution < 1.29 is 9.32 Å². The lowest BCUT2D eigenvalue weighted by molar-refractivity contribution is -0.121. The van der Waals surface area contributed by atoms with Crippen LogP contribution in [0.1, 0.15) is 72.6 Å². The Kier molecular flexibility index (Phi) is 4.73. The van der Waals surface area contributed by atoms with Crippen molar-refractivity contribution in [2.75, 3.05) is 13.1 Å². The molecule has 1 aromatic heterocycles. The molecule has 1 amide bonds. The van der Waals surface area contributed by atoms with Crippen LogP contribution < -0.4 is 5.32 Å². The number of rotatable bonds is 5. The summed E-state index contributed by atoms with van der Waals surface area (Å²) in [6, 6.07) is 9.33. The van der Waals surface area contributed by atoms with Crippen LogP contribution in [0.5, 0.6) is 0 Å². The second-order valence-corrected chi connectivity index (χ2v) is 9.39. The summed E-state index contributed by atoms with van der Waals surface area (Å²) in [6.07, 6.45) is 6.37. The molecule has 1 unspecified atom stereocenters. The molecule has 1 atom stereocenters. The molecule has 0 radical (unpaired) electrons. The third-order valence-electron chi connectivity index (χ3n) is 7.36. The highest BCUT2D eigenvalue weighted by Crippen LogP contribution is 2.52. The number of carbonyl (C=O) groups is 1. The van der Waals surface area contributed by atoms with Crippen molar-refractivity contribution >= 4 is 5.91 Å². The SMILES string of the molecule is Cc1noc(C)c1CN1CCC2(CC1)CC(CC(=O)NC1CC1)c1ccccc12. The Morgan fingerprint density at radius 1 is 1.24 bits per heavy atom. The van der Waals surface area contributed by atoms with E-state index in [0.29, 0.717) is 18.4 Å². The molecule has 1 saturated carbocycles. The van der Waals surface area contributed by atoms with E-state index < -0.39 is 0 Å². The molecule has 5 nitrogen and oxygen atoms in total. The first-order valence-electron chi connectivity index (χ1n) is 11.1. The molecule has 1 N–H and O–H groups in total. The third-order valence-corrected chi connectivity index (χ3v) is 7.36. The number of aromatic nitrogens is 1. The summed E-state index contributed by atoms with van der Waals surface area (Å²) in [5.41, 5.74) is 5.40. The Bertz CT molecular complexity index is 887. The molecule has 1 saturated heterocycles. The van der Waals surface area contributed by atoms with E-state index in [4.69, 9.17) is 4.52 Å². The summed E-state index contributed by atoms with van der Waals surface area (Å²) in [6.45, 7) is 7.12. The molecule has 2 aromatic rings. The molecule has 1 aromatic carbocycles. The number of fused-ring (bicyclic) bond motifs is 2. The Morgan fingerprint density at radius 2 is 2.00 bits per heavy atom. The molecule has 2 aliphatic carbocycles. The van der Waals surface area contributed by atoms with Gasteiger partial charge in [-0.1, -0.05) is 29.4 Å². The summed E-state index contributed by atoms with van der Waals surface area (Å²) in [7, 11) is 0. The van der Waals surface area contributed by atoms with Crippen LogP contribution in [0, 0.1) is 13.8 Å². The van der Waals surface area contributed by atoms with Gasteiger partial charge in [-0.25, -0.2) is 0 Å². The van der Waals surface area contributed by atoms with E-state index >= 15 is 0 Å². The lowest BCUT2D eigenvalue weighted by atomic mass is 9.73. The standard InChI is InChI=1S/C24H31N3O2/c1-16-21(17(2)29-26-16)15-27-11-9-24(10-12-27)14-18(13-23(28)25-19-7-8-19)20-5-3-4-6-22(20)24/h3-6,18-19H,7-15H2,1-2H3,(H,25,28). The maximum Gasteiger partial charge on any atom is 0.220 e. The molecule has 1 spiro atoms. The second kappa shape index (κ2) is 7.28. The molecule has 29 heavy (non-hydrogen) atoms. The van der Waals surface area contributed by atoms with Gasteiger partial charge in [0.1, 0.15) is 5.76 Å². The average molecular weight is 394 g/mol. The summed E-state index contributed by atoms with van der Waals surface area (Å²) in [4.78, 5) is 15.0. The van der Waals surface area contributed by atoms with Gasteiger partial charge in [-0.05, 0) is 81.5 Å². The molecule has 5 heteroatoms. The van der Waals surface area contributed by atoms with Crippen molar-refractivity contribution in [1.29, 1.82) is 0 Å². The first kappa shape index (κ1) is 18.9. The van der Waals surface area contributed by atoms with E-state index in [-0.39, 0.29) is 11.3 Å². The Labute approximate surface area is 172 Å². The van der Waals surface area contributed by atoms with Crippen molar-refractivity contribution in [3.63, 3.8) is 0 Å². The zero-order chi connectivity index (χ0) is 20.0. The normalized spacial score (nSPS) is 23.3. The first-order valence-corrected chi connectivity index (χ1v) is 11.1. The minimum Gasteiger partial charge on any atom is -0.361 e. The summed E-state index contributed by atoms with van der Waals surface area (Å²) < 4.78 is 5.34. The van der Waals surface area contributed by atoms with E-state index in [0.717, 1.165) is 63.2 Å². The number of hydrogen-bond donors (Lipinski definition) is 1. The van der Waals surface area contributed by atoms with Crippen molar-refractivity contribution in [2.24, 2.45) is 0 Å². The summed E-state index contributed by atoms with van der Waals surface area (Å²) >= 11 is 0. The molecular formula is C24H31N3O2. The first-order chi connectivity index (χ1) is 14.0. The van der Waals surface area contributed by atoms with E-state index in [9.17, 15) is 4.79 Å². The molecule has 1 aliphatic heterocycles. The van der Waals surface area contributed by atoms with Crippen LogP contribution in [0.2, 0.25) is 0 Å². The van der Waals surface area contributed by atoms with Crippen molar-refractivity contribution in [3.05, 3.63) is 52.4 Å². The topological polar surface area (TPSA) is 58.4 Å². The maximum atomic E-state index is 12.5. The van der Waals surface area contributed by atoms with Crippen molar-refractivity contribution in [2.45, 2.75) is 76.3 Å². The quantitative estimate of drug-likeness (QED) is 0.835. The van der Waals surface area contributed by atoms with Crippen LogP contribution in [-0.2, 0) is 16.8 Å². The molecule has 2 fully saturated rings. The smallest absolute Gasteiger partial charge is 0.220 e. The third kappa shape index (κ3) is 3.61. The summed E-state index contributed by atoms with van der Waals surface area (Å²) in [5.74, 6) is 1.54. The molecular weight excluding hydrogens is 362 g/mol. The minimum atomic E-state index is 0.232. The van der Waals surface area contributed by atoms with Crippen LogP contribution in [0.15, 0.2) is 28.8 Å². The van der Waals surface area contributed by atoms with Gasteiger partial charge in [0, 0.05) is 24.6 Å². The van der Waals surface area contributed by atoms with E-state index in [2.05, 4.69) is 39.6 Å². The van der Waals surface area contributed by atoms with Gasteiger partial charge < -0.3 is 9.84 Å². The van der Waals surface area contributed by atoms with Crippen molar-refractivity contribution in [3.8, 4) is 0 Å². The maximum absolute atomic E-state index is 12.5. The molecule has 3 aliphatic rings. The van der Waals surface area contributed by atoms with Crippen LogP contribution >= 0.6 is 0 Å². The lowest BCUT2D eigenvalue weighted by Crippen LogP contribution is -2.41. The summed E-state index contributed by atoms with van der Waals surface area (Å²) in [5, 5.41) is 7.29. The zero-order valence-electron chi connectivity index (χ0n) is 17.5. The molecule has 0 bridgehead atoms. The van der Waals surface area contributed by atoms with Gasteiger partial charge in [-0.3, -0.25) is 9.69 Å². The predicted octanol–water partition coefficient (Wildman–Crippen LogP) is 3.98.